The van der Waals surface area contributed by atoms with E-state index in [9.17, 15) is 0 Å². The van der Waals surface area contributed by atoms with E-state index >= 15 is 0 Å². The van der Waals surface area contributed by atoms with Gasteiger partial charge >= 0.3 is 0 Å². The van der Waals surface area contributed by atoms with E-state index in [1.165, 1.54) is 6.42 Å². The standard InChI is InChI=1S/C12H25NO2/c1-4-6-13-9-12(2,3)10-15-11-5-7-14-8-11/h11,13H,4-10H2,1-3H3. The van der Waals surface area contributed by atoms with Crippen molar-refractivity contribution in [2.24, 2.45) is 5.41 Å². The molecule has 3 heteroatoms. The molecule has 0 aliphatic carbocycles. The van der Waals surface area contributed by atoms with Crippen LogP contribution >= 0.6 is 0 Å². The molecule has 15 heavy (non-hydrogen) atoms. The molecular weight excluding hydrogens is 190 g/mol. The quantitative estimate of drug-likeness (QED) is 0.657. The van der Waals surface area contributed by atoms with E-state index in [0.717, 1.165) is 39.3 Å². The summed E-state index contributed by atoms with van der Waals surface area (Å²) in [5.74, 6) is 0. The van der Waals surface area contributed by atoms with E-state index in [-0.39, 0.29) is 5.41 Å². The minimum Gasteiger partial charge on any atom is -0.379 e. The Morgan fingerprint density at radius 1 is 1.47 bits per heavy atom. The normalized spacial score (nSPS) is 22.2. The Kier molecular flexibility index (Phi) is 5.58. The highest BCUT2D eigenvalue weighted by Crippen LogP contribution is 2.17. The summed E-state index contributed by atoms with van der Waals surface area (Å²) >= 11 is 0. The van der Waals surface area contributed by atoms with Gasteiger partial charge in [-0.1, -0.05) is 20.8 Å². The molecule has 1 atom stereocenters. The maximum absolute atomic E-state index is 5.83. The molecule has 1 aliphatic heterocycles. The summed E-state index contributed by atoms with van der Waals surface area (Å²) in [5, 5.41) is 3.44. The molecule has 0 amide bonds. The number of hydrogen-bond donors (Lipinski definition) is 1. The van der Waals surface area contributed by atoms with Crippen molar-refractivity contribution in [1.82, 2.24) is 5.32 Å². The van der Waals surface area contributed by atoms with Crippen LogP contribution in [0.5, 0.6) is 0 Å². The molecule has 0 aromatic heterocycles. The number of rotatable bonds is 7. The second-order valence-corrected chi connectivity index (χ2v) is 5.14. The number of hydrogen-bond acceptors (Lipinski definition) is 3. The molecule has 1 fully saturated rings. The molecule has 1 unspecified atom stereocenters. The highest BCUT2D eigenvalue weighted by atomic mass is 16.5. The van der Waals surface area contributed by atoms with Gasteiger partial charge in [0.05, 0.1) is 19.3 Å². The molecule has 0 aromatic rings. The van der Waals surface area contributed by atoms with Crippen molar-refractivity contribution in [2.75, 3.05) is 32.9 Å². The van der Waals surface area contributed by atoms with Crippen LogP contribution in [0, 0.1) is 5.41 Å². The van der Waals surface area contributed by atoms with Crippen LogP contribution in [0.15, 0.2) is 0 Å². The van der Waals surface area contributed by atoms with Gasteiger partial charge in [-0.3, -0.25) is 0 Å². The molecule has 0 saturated carbocycles. The van der Waals surface area contributed by atoms with Gasteiger partial charge in [0.1, 0.15) is 0 Å². The first kappa shape index (κ1) is 12.9. The summed E-state index contributed by atoms with van der Waals surface area (Å²) in [4.78, 5) is 0. The van der Waals surface area contributed by atoms with Crippen molar-refractivity contribution in [3.8, 4) is 0 Å². The lowest BCUT2D eigenvalue weighted by Crippen LogP contribution is -2.35. The molecule has 90 valence electrons. The highest BCUT2D eigenvalue weighted by molar-refractivity contribution is 4.73. The third-order valence-electron chi connectivity index (χ3n) is 2.63. The molecule has 0 bridgehead atoms. The summed E-state index contributed by atoms with van der Waals surface area (Å²) in [6.07, 6.45) is 2.57. The van der Waals surface area contributed by atoms with Crippen LogP contribution in [-0.2, 0) is 9.47 Å². The van der Waals surface area contributed by atoms with Crippen LogP contribution in [0.3, 0.4) is 0 Å². The highest BCUT2D eigenvalue weighted by Gasteiger charge is 2.22. The first-order chi connectivity index (χ1) is 7.14. The average molecular weight is 215 g/mol. The molecule has 1 aliphatic rings. The third-order valence-corrected chi connectivity index (χ3v) is 2.63. The van der Waals surface area contributed by atoms with Gasteiger partial charge in [-0.15, -0.1) is 0 Å². The zero-order valence-corrected chi connectivity index (χ0v) is 10.3. The fourth-order valence-corrected chi connectivity index (χ4v) is 1.64. The molecule has 3 nitrogen and oxygen atoms in total. The Labute approximate surface area is 93.5 Å². The minimum absolute atomic E-state index is 0.220. The van der Waals surface area contributed by atoms with Crippen molar-refractivity contribution in [1.29, 1.82) is 0 Å². The van der Waals surface area contributed by atoms with Crippen molar-refractivity contribution in [3.63, 3.8) is 0 Å². The fraction of sp³-hybridized carbons (Fsp3) is 1.00. The van der Waals surface area contributed by atoms with E-state index in [2.05, 4.69) is 26.1 Å². The Morgan fingerprint density at radius 2 is 2.27 bits per heavy atom. The van der Waals surface area contributed by atoms with Gasteiger partial charge < -0.3 is 14.8 Å². The van der Waals surface area contributed by atoms with Gasteiger partial charge in [-0.2, -0.15) is 0 Å². The van der Waals surface area contributed by atoms with Crippen LogP contribution in [-0.4, -0.2) is 39.0 Å². The maximum Gasteiger partial charge on any atom is 0.0830 e. The minimum atomic E-state index is 0.220. The summed E-state index contributed by atoms with van der Waals surface area (Å²) in [6.45, 7) is 11.2. The van der Waals surface area contributed by atoms with Gasteiger partial charge in [0.25, 0.3) is 0 Å². The van der Waals surface area contributed by atoms with Crippen molar-refractivity contribution >= 4 is 0 Å². The van der Waals surface area contributed by atoms with Crippen LogP contribution < -0.4 is 5.32 Å². The lowest BCUT2D eigenvalue weighted by atomic mass is 9.94. The topological polar surface area (TPSA) is 30.5 Å². The smallest absolute Gasteiger partial charge is 0.0830 e. The number of nitrogens with one attached hydrogen (secondary N) is 1. The molecule has 0 spiro atoms. The predicted octanol–water partition coefficient (Wildman–Crippen LogP) is 1.82. The van der Waals surface area contributed by atoms with Crippen molar-refractivity contribution < 1.29 is 9.47 Å². The first-order valence-corrected chi connectivity index (χ1v) is 6.04. The van der Waals surface area contributed by atoms with Gasteiger partial charge in [0.2, 0.25) is 0 Å². The van der Waals surface area contributed by atoms with E-state index in [1.807, 2.05) is 0 Å². The Hall–Kier alpha value is -0.120. The summed E-state index contributed by atoms with van der Waals surface area (Å²) < 4.78 is 11.1. The molecule has 1 rings (SSSR count). The third kappa shape index (κ3) is 5.50. The SMILES string of the molecule is CCCNCC(C)(C)COC1CCOC1. The molecule has 0 aromatic carbocycles. The van der Waals surface area contributed by atoms with Gasteiger partial charge in [-0.05, 0) is 19.4 Å². The average Bonchev–Trinajstić information content (AvgIpc) is 2.68. The fourth-order valence-electron chi connectivity index (χ4n) is 1.64. The molecular formula is C12H25NO2. The molecule has 0 radical (unpaired) electrons. The first-order valence-electron chi connectivity index (χ1n) is 6.04. The second kappa shape index (κ2) is 6.46. The monoisotopic (exact) mass is 215 g/mol. The van der Waals surface area contributed by atoms with E-state index in [0.29, 0.717) is 6.10 Å². The second-order valence-electron chi connectivity index (χ2n) is 5.14. The predicted molar refractivity (Wildman–Crippen MR) is 62.1 cm³/mol. The molecule has 1 heterocycles. The molecule has 1 saturated heterocycles. The summed E-state index contributed by atoms with van der Waals surface area (Å²) in [5.41, 5.74) is 0.220. The van der Waals surface area contributed by atoms with Crippen LogP contribution in [0.25, 0.3) is 0 Å². The van der Waals surface area contributed by atoms with Crippen molar-refractivity contribution in [2.45, 2.75) is 39.7 Å². The van der Waals surface area contributed by atoms with E-state index < -0.39 is 0 Å². The lowest BCUT2D eigenvalue weighted by Gasteiger charge is -2.26. The lowest BCUT2D eigenvalue weighted by molar-refractivity contribution is -0.00118. The van der Waals surface area contributed by atoms with Crippen LogP contribution in [0.1, 0.15) is 33.6 Å². The number of ether oxygens (including phenoxy) is 2. The summed E-state index contributed by atoms with van der Waals surface area (Å²) in [7, 11) is 0. The zero-order valence-electron chi connectivity index (χ0n) is 10.3. The van der Waals surface area contributed by atoms with Gasteiger partial charge in [-0.25, -0.2) is 0 Å². The maximum atomic E-state index is 5.83. The Bertz CT molecular complexity index is 165. The zero-order chi connectivity index (χ0) is 11.1. The van der Waals surface area contributed by atoms with Crippen molar-refractivity contribution in [3.05, 3.63) is 0 Å². The Balaban J connectivity index is 2.10. The Morgan fingerprint density at radius 3 is 2.87 bits per heavy atom. The van der Waals surface area contributed by atoms with Crippen LogP contribution in [0.2, 0.25) is 0 Å². The molecule has 1 N–H and O–H groups in total. The van der Waals surface area contributed by atoms with Gasteiger partial charge in [0.15, 0.2) is 0 Å². The van der Waals surface area contributed by atoms with E-state index in [4.69, 9.17) is 9.47 Å². The van der Waals surface area contributed by atoms with Crippen LogP contribution in [0.4, 0.5) is 0 Å². The largest absolute Gasteiger partial charge is 0.379 e. The van der Waals surface area contributed by atoms with E-state index in [1.54, 1.807) is 0 Å². The summed E-state index contributed by atoms with van der Waals surface area (Å²) in [6, 6.07) is 0. The van der Waals surface area contributed by atoms with Gasteiger partial charge in [0, 0.05) is 18.6 Å².